The van der Waals surface area contributed by atoms with Gasteiger partial charge >= 0.3 is 0 Å². The first kappa shape index (κ1) is 19.0. The van der Waals surface area contributed by atoms with Crippen molar-refractivity contribution in [1.29, 1.82) is 0 Å². The number of para-hydroxylation sites is 1. The van der Waals surface area contributed by atoms with E-state index in [1.54, 1.807) is 7.11 Å². The van der Waals surface area contributed by atoms with E-state index in [0.29, 0.717) is 13.1 Å². The minimum absolute atomic E-state index is 0.124. The molecule has 2 aromatic rings. The third-order valence-corrected chi connectivity index (χ3v) is 4.18. The van der Waals surface area contributed by atoms with Gasteiger partial charge in [-0.2, -0.15) is 0 Å². The van der Waals surface area contributed by atoms with E-state index in [4.69, 9.17) is 4.74 Å². The van der Waals surface area contributed by atoms with E-state index in [9.17, 15) is 4.79 Å². The second-order valence-corrected chi connectivity index (χ2v) is 6.34. The maximum absolute atomic E-state index is 12.6. The van der Waals surface area contributed by atoms with Crippen LogP contribution in [0.25, 0.3) is 0 Å². The van der Waals surface area contributed by atoms with Crippen molar-refractivity contribution in [2.75, 3.05) is 20.2 Å². The predicted molar refractivity (Wildman–Crippen MR) is 102 cm³/mol. The van der Waals surface area contributed by atoms with Crippen molar-refractivity contribution in [1.82, 2.24) is 10.2 Å². The van der Waals surface area contributed by atoms with E-state index in [1.165, 1.54) is 0 Å². The number of carbonyl (C=O) groups is 1. The maximum Gasteiger partial charge on any atom is 0.237 e. The summed E-state index contributed by atoms with van der Waals surface area (Å²) in [7, 11) is 1.68. The molecule has 2 aromatic carbocycles. The summed E-state index contributed by atoms with van der Waals surface area (Å²) in [5.74, 6) is 1.02. The zero-order valence-electron chi connectivity index (χ0n) is 15.4. The van der Waals surface area contributed by atoms with Crippen LogP contribution in [-0.4, -0.2) is 37.0 Å². The molecule has 0 aromatic heterocycles. The highest BCUT2D eigenvalue weighted by atomic mass is 16.5. The molecule has 4 heteroatoms. The zero-order valence-corrected chi connectivity index (χ0v) is 15.4. The third-order valence-electron chi connectivity index (χ3n) is 4.18. The molecular weight excluding hydrogens is 312 g/mol. The Kier molecular flexibility index (Phi) is 7.48. The van der Waals surface area contributed by atoms with E-state index < -0.39 is 0 Å². The molecule has 4 nitrogen and oxygen atoms in total. The van der Waals surface area contributed by atoms with Crippen molar-refractivity contribution in [3.8, 4) is 5.75 Å². The number of benzene rings is 2. The number of hydrogen-bond donors (Lipinski definition) is 1. The maximum atomic E-state index is 12.6. The Labute approximate surface area is 150 Å². The fourth-order valence-corrected chi connectivity index (χ4v) is 2.77. The Hall–Kier alpha value is -2.33. The average molecular weight is 340 g/mol. The summed E-state index contributed by atoms with van der Waals surface area (Å²) >= 11 is 0. The molecule has 0 aliphatic rings. The Morgan fingerprint density at radius 2 is 1.76 bits per heavy atom. The number of ether oxygens (including phenoxy) is 1. The lowest BCUT2D eigenvalue weighted by atomic mass is 10.1. The molecule has 1 amide bonds. The number of nitrogens with one attached hydrogen (secondary N) is 1. The van der Waals surface area contributed by atoms with Gasteiger partial charge in [0.05, 0.1) is 13.7 Å². The van der Waals surface area contributed by atoms with Crippen molar-refractivity contribution >= 4 is 5.91 Å². The topological polar surface area (TPSA) is 41.6 Å². The molecule has 0 fully saturated rings. The van der Waals surface area contributed by atoms with E-state index in [2.05, 4.69) is 37.4 Å². The summed E-state index contributed by atoms with van der Waals surface area (Å²) in [6.07, 6.45) is 0.831. The standard InChI is InChI=1S/C21H28N2O2/c1-17(2)23(16-18-9-5-4-6-10-18)21(24)15-22-14-13-19-11-7-8-12-20(19)25-3/h4-12,17,22H,13-16H2,1-3H3. The first-order valence-electron chi connectivity index (χ1n) is 8.78. The lowest BCUT2D eigenvalue weighted by Crippen LogP contribution is -2.42. The molecule has 0 atom stereocenters. The number of carbonyl (C=O) groups excluding carboxylic acids is 1. The van der Waals surface area contributed by atoms with Gasteiger partial charge < -0.3 is 15.0 Å². The van der Waals surface area contributed by atoms with Gasteiger partial charge in [-0.15, -0.1) is 0 Å². The molecule has 25 heavy (non-hydrogen) atoms. The van der Waals surface area contributed by atoms with Gasteiger partial charge in [-0.1, -0.05) is 48.5 Å². The highest BCUT2D eigenvalue weighted by Crippen LogP contribution is 2.17. The van der Waals surface area contributed by atoms with Gasteiger partial charge in [-0.25, -0.2) is 0 Å². The molecule has 0 aliphatic carbocycles. The van der Waals surface area contributed by atoms with Crippen LogP contribution in [0.1, 0.15) is 25.0 Å². The van der Waals surface area contributed by atoms with Crippen LogP contribution in [0.4, 0.5) is 0 Å². The van der Waals surface area contributed by atoms with Crippen molar-refractivity contribution in [3.63, 3.8) is 0 Å². The molecule has 0 heterocycles. The first-order chi connectivity index (χ1) is 12.1. The minimum atomic E-state index is 0.124. The lowest BCUT2D eigenvalue weighted by molar-refractivity contribution is -0.132. The van der Waals surface area contributed by atoms with Gasteiger partial charge in [0.1, 0.15) is 5.75 Å². The van der Waals surface area contributed by atoms with Crippen LogP contribution in [0.5, 0.6) is 5.75 Å². The fraction of sp³-hybridized carbons (Fsp3) is 0.381. The summed E-state index contributed by atoms with van der Waals surface area (Å²) in [6, 6.07) is 18.3. The van der Waals surface area contributed by atoms with E-state index in [-0.39, 0.29) is 11.9 Å². The Bertz CT molecular complexity index is 656. The molecule has 0 spiro atoms. The Morgan fingerprint density at radius 1 is 1.08 bits per heavy atom. The first-order valence-corrected chi connectivity index (χ1v) is 8.78. The van der Waals surface area contributed by atoms with Crippen LogP contribution in [0.2, 0.25) is 0 Å². The van der Waals surface area contributed by atoms with Crippen molar-refractivity contribution in [2.24, 2.45) is 0 Å². The zero-order chi connectivity index (χ0) is 18.1. The van der Waals surface area contributed by atoms with Crippen LogP contribution in [-0.2, 0) is 17.8 Å². The number of amides is 1. The highest BCUT2D eigenvalue weighted by Gasteiger charge is 2.16. The molecular formula is C21H28N2O2. The fourth-order valence-electron chi connectivity index (χ4n) is 2.77. The second kappa shape index (κ2) is 9.84. The molecule has 0 aliphatic heterocycles. The number of rotatable bonds is 9. The van der Waals surface area contributed by atoms with Gasteiger partial charge in [0.15, 0.2) is 0 Å². The Balaban J connectivity index is 1.83. The number of methoxy groups -OCH3 is 1. The smallest absolute Gasteiger partial charge is 0.237 e. The third kappa shape index (κ3) is 5.91. The molecule has 0 saturated heterocycles. The molecule has 2 rings (SSSR count). The van der Waals surface area contributed by atoms with Crippen LogP contribution in [0, 0.1) is 0 Å². The summed E-state index contributed by atoms with van der Waals surface area (Å²) in [5, 5.41) is 3.26. The molecule has 0 saturated carbocycles. The quantitative estimate of drug-likeness (QED) is 0.713. The second-order valence-electron chi connectivity index (χ2n) is 6.34. The summed E-state index contributed by atoms with van der Waals surface area (Å²) < 4.78 is 5.36. The summed E-state index contributed by atoms with van der Waals surface area (Å²) in [5.41, 5.74) is 2.30. The van der Waals surface area contributed by atoms with Gasteiger partial charge in [0.25, 0.3) is 0 Å². The molecule has 0 radical (unpaired) electrons. The summed E-state index contributed by atoms with van der Waals surface area (Å²) in [6.45, 7) is 5.83. The minimum Gasteiger partial charge on any atom is -0.496 e. The highest BCUT2D eigenvalue weighted by molar-refractivity contribution is 5.78. The van der Waals surface area contributed by atoms with Crippen LogP contribution < -0.4 is 10.1 Å². The monoisotopic (exact) mass is 340 g/mol. The van der Waals surface area contributed by atoms with Gasteiger partial charge in [-0.05, 0) is 44.0 Å². The molecule has 0 unspecified atom stereocenters. The van der Waals surface area contributed by atoms with Crippen molar-refractivity contribution < 1.29 is 9.53 Å². The van der Waals surface area contributed by atoms with Gasteiger partial charge in [0, 0.05) is 12.6 Å². The number of nitrogens with zero attached hydrogens (tertiary/aromatic N) is 1. The normalized spacial score (nSPS) is 10.7. The van der Waals surface area contributed by atoms with E-state index in [0.717, 1.165) is 29.8 Å². The van der Waals surface area contributed by atoms with E-state index >= 15 is 0 Å². The average Bonchev–Trinajstić information content (AvgIpc) is 2.64. The Morgan fingerprint density at radius 3 is 2.44 bits per heavy atom. The molecule has 0 bridgehead atoms. The predicted octanol–water partition coefficient (Wildman–Crippen LogP) is 3.26. The van der Waals surface area contributed by atoms with Crippen LogP contribution in [0.3, 0.4) is 0 Å². The molecule has 1 N–H and O–H groups in total. The van der Waals surface area contributed by atoms with Crippen LogP contribution in [0.15, 0.2) is 54.6 Å². The summed E-state index contributed by atoms with van der Waals surface area (Å²) in [4.78, 5) is 14.5. The van der Waals surface area contributed by atoms with Gasteiger partial charge in [-0.3, -0.25) is 4.79 Å². The van der Waals surface area contributed by atoms with Gasteiger partial charge in [0.2, 0.25) is 5.91 Å². The SMILES string of the molecule is COc1ccccc1CCNCC(=O)N(Cc1ccccc1)C(C)C. The van der Waals surface area contributed by atoms with Crippen molar-refractivity contribution in [2.45, 2.75) is 32.9 Å². The lowest BCUT2D eigenvalue weighted by Gasteiger charge is -2.27. The molecule has 134 valence electrons. The van der Waals surface area contributed by atoms with Crippen molar-refractivity contribution in [3.05, 3.63) is 65.7 Å². The van der Waals surface area contributed by atoms with E-state index in [1.807, 2.05) is 41.3 Å². The number of hydrogen-bond acceptors (Lipinski definition) is 3. The largest absolute Gasteiger partial charge is 0.496 e. The van der Waals surface area contributed by atoms with Crippen LogP contribution >= 0.6 is 0 Å².